The molecule has 0 spiro atoms. The molecular weight excluding hydrogens is 385 g/mol. The van der Waals surface area contributed by atoms with E-state index in [0.29, 0.717) is 12.3 Å². The van der Waals surface area contributed by atoms with Gasteiger partial charge in [-0.1, -0.05) is 6.07 Å². The van der Waals surface area contributed by atoms with Crippen molar-refractivity contribution < 1.29 is 9.84 Å². The van der Waals surface area contributed by atoms with Gasteiger partial charge in [0, 0.05) is 6.54 Å². The van der Waals surface area contributed by atoms with Crippen molar-refractivity contribution in [1.82, 2.24) is 0 Å². The van der Waals surface area contributed by atoms with Crippen LogP contribution in [0.25, 0.3) is 0 Å². The molecule has 0 bridgehead atoms. The molecule has 1 aromatic rings. The standard InChI is InChI=1S/C8H11NO2.ClH.Pb.2H/c1-11-8-4-6(5-9)2-3-7(8)10;;;;/h2-4,10H,5,9H2,1H3;1H;;;. The van der Waals surface area contributed by atoms with Crippen molar-refractivity contribution in [2.45, 2.75) is 6.54 Å². The minimum atomic E-state index is 0. The fourth-order valence-corrected chi connectivity index (χ4v) is 0.849. The van der Waals surface area contributed by atoms with E-state index >= 15 is 0 Å². The van der Waals surface area contributed by atoms with Gasteiger partial charge >= 0.3 is 27.3 Å². The Morgan fingerprint density at radius 3 is 2.54 bits per heavy atom. The molecule has 0 aromatic heterocycles. The first-order chi connectivity index (χ1) is 5.27. The molecule has 0 aliphatic carbocycles. The molecular formula is C8H14ClNO2Pb. The number of aromatic hydroxyl groups is 1. The monoisotopic (exact) mass is 399 g/mol. The van der Waals surface area contributed by atoms with Crippen molar-refractivity contribution in [1.29, 1.82) is 0 Å². The summed E-state index contributed by atoms with van der Waals surface area (Å²) < 4.78 is 4.88. The van der Waals surface area contributed by atoms with E-state index in [0.717, 1.165) is 5.56 Å². The van der Waals surface area contributed by atoms with Gasteiger partial charge in [0.25, 0.3) is 0 Å². The second kappa shape index (κ2) is 7.40. The molecule has 0 heterocycles. The third kappa shape index (κ3) is 4.15. The van der Waals surface area contributed by atoms with E-state index in [4.69, 9.17) is 15.6 Å². The zero-order valence-electron chi connectivity index (χ0n) is 7.49. The summed E-state index contributed by atoms with van der Waals surface area (Å²) >= 11 is 0. The molecule has 0 amide bonds. The second-order valence-corrected chi connectivity index (χ2v) is 2.21. The Balaban J connectivity index is 0. The van der Waals surface area contributed by atoms with Crippen molar-refractivity contribution in [3.63, 3.8) is 0 Å². The van der Waals surface area contributed by atoms with Crippen molar-refractivity contribution in [2.75, 3.05) is 7.11 Å². The summed E-state index contributed by atoms with van der Waals surface area (Å²) in [5.74, 6) is 0.609. The van der Waals surface area contributed by atoms with Crippen molar-refractivity contribution >= 4 is 39.7 Å². The fraction of sp³-hybridized carbons (Fsp3) is 0.250. The molecule has 2 radical (unpaired) electrons. The van der Waals surface area contributed by atoms with Crippen LogP contribution in [0.4, 0.5) is 0 Å². The predicted molar refractivity (Wildman–Crippen MR) is 58.3 cm³/mol. The molecule has 5 heteroatoms. The zero-order chi connectivity index (χ0) is 8.27. The Hall–Kier alpha value is -0.00792. The van der Waals surface area contributed by atoms with Crippen molar-refractivity contribution in [2.24, 2.45) is 5.73 Å². The van der Waals surface area contributed by atoms with E-state index in [1.165, 1.54) is 7.11 Å². The molecule has 74 valence electrons. The summed E-state index contributed by atoms with van der Waals surface area (Å²) in [5, 5.41) is 9.16. The molecule has 1 aromatic carbocycles. The Labute approximate surface area is 104 Å². The van der Waals surface area contributed by atoms with E-state index in [1.54, 1.807) is 18.2 Å². The first-order valence-corrected chi connectivity index (χ1v) is 3.34. The van der Waals surface area contributed by atoms with Crippen molar-refractivity contribution in [3.05, 3.63) is 23.8 Å². The quantitative estimate of drug-likeness (QED) is 0.708. The first-order valence-electron chi connectivity index (χ1n) is 3.34. The van der Waals surface area contributed by atoms with Crippen LogP contribution in [-0.4, -0.2) is 39.5 Å². The normalized spacial score (nSPS) is 8.15. The van der Waals surface area contributed by atoms with Gasteiger partial charge in [0.05, 0.1) is 7.11 Å². The van der Waals surface area contributed by atoms with Gasteiger partial charge in [0.1, 0.15) is 0 Å². The number of nitrogens with two attached hydrogens (primary N) is 1. The number of phenols is 1. The van der Waals surface area contributed by atoms with Crippen LogP contribution in [0.3, 0.4) is 0 Å². The Morgan fingerprint density at radius 2 is 2.08 bits per heavy atom. The van der Waals surface area contributed by atoms with Crippen LogP contribution < -0.4 is 10.5 Å². The molecule has 0 aliphatic rings. The van der Waals surface area contributed by atoms with Gasteiger partial charge in [0.15, 0.2) is 11.5 Å². The van der Waals surface area contributed by atoms with E-state index in [2.05, 4.69) is 0 Å². The number of rotatable bonds is 2. The number of halogens is 1. The van der Waals surface area contributed by atoms with E-state index < -0.39 is 0 Å². The van der Waals surface area contributed by atoms with Gasteiger partial charge in [-0.2, -0.15) is 0 Å². The SMILES string of the molecule is COc1cc(CN)ccc1O.Cl.[PbH2]. The van der Waals surface area contributed by atoms with Crippen LogP contribution in [0.5, 0.6) is 11.5 Å². The molecule has 0 saturated heterocycles. The maximum atomic E-state index is 9.16. The van der Waals surface area contributed by atoms with Gasteiger partial charge in [-0.05, 0) is 17.7 Å². The van der Waals surface area contributed by atoms with E-state index in [9.17, 15) is 0 Å². The predicted octanol–water partition coefficient (Wildman–Crippen LogP) is 0.365. The molecule has 0 unspecified atom stereocenters. The van der Waals surface area contributed by atoms with Gasteiger partial charge in [0.2, 0.25) is 0 Å². The van der Waals surface area contributed by atoms with E-state index in [-0.39, 0.29) is 45.5 Å². The summed E-state index contributed by atoms with van der Waals surface area (Å²) in [6.07, 6.45) is 0. The Bertz CT molecular complexity index is 258. The van der Waals surface area contributed by atoms with Crippen LogP contribution in [0.1, 0.15) is 5.56 Å². The summed E-state index contributed by atoms with van der Waals surface area (Å²) in [6.45, 7) is 0.455. The molecule has 3 nitrogen and oxygen atoms in total. The number of methoxy groups -OCH3 is 1. The van der Waals surface area contributed by atoms with Crippen LogP contribution >= 0.6 is 12.4 Å². The second-order valence-electron chi connectivity index (χ2n) is 2.21. The maximum absolute atomic E-state index is 9.16. The van der Waals surface area contributed by atoms with Gasteiger partial charge in [-0.25, -0.2) is 0 Å². The molecule has 0 aliphatic heterocycles. The summed E-state index contributed by atoms with van der Waals surface area (Å²) in [4.78, 5) is 0. The third-order valence-electron chi connectivity index (χ3n) is 1.48. The van der Waals surface area contributed by atoms with Gasteiger partial charge < -0.3 is 15.6 Å². The summed E-state index contributed by atoms with van der Waals surface area (Å²) in [5.41, 5.74) is 6.33. The number of hydrogen-bond donors (Lipinski definition) is 2. The summed E-state index contributed by atoms with van der Waals surface area (Å²) in [7, 11) is 1.51. The number of phenolic OH excluding ortho intramolecular Hbond substituents is 1. The number of hydrogen-bond acceptors (Lipinski definition) is 3. The van der Waals surface area contributed by atoms with Gasteiger partial charge in [-0.3, -0.25) is 0 Å². The van der Waals surface area contributed by atoms with Crippen LogP contribution in [0.15, 0.2) is 18.2 Å². The number of benzene rings is 1. The molecule has 13 heavy (non-hydrogen) atoms. The molecule has 0 fully saturated rings. The molecule has 0 atom stereocenters. The fourth-order valence-electron chi connectivity index (χ4n) is 0.849. The van der Waals surface area contributed by atoms with Gasteiger partial charge in [-0.15, -0.1) is 12.4 Å². The first kappa shape index (κ1) is 15.5. The Morgan fingerprint density at radius 1 is 1.46 bits per heavy atom. The molecule has 1 rings (SSSR count). The average Bonchev–Trinajstić information content (AvgIpc) is 2.05. The van der Waals surface area contributed by atoms with Crippen molar-refractivity contribution in [3.8, 4) is 11.5 Å². The molecule has 0 saturated carbocycles. The van der Waals surface area contributed by atoms with Crippen LogP contribution in [-0.2, 0) is 6.54 Å². The van der Waals surface area contributed by atoms with Crippen LogP contribution in [0.2, 0.25) is 0 Å². The minimum absolute atomic E-state index is 0. The summed E-state index contributed by atoms with van der Waals surface area (Å²) in [6, 6.07) is 5.05. The zero-order valence-corrected chi connectivity index (χ0v) is 13.8. The Kier molecular flexibility index (Phi) is 8.80. The average molecular weight is 399 g/mol. The third-order valence-corrected chi connectivity index (χ3v) is 1.48. The van der Waals surface area contributed by atoms with Crippen LogP contribution in [0, 0.1) is 0 Å². The molecule has 3 N–H and O–H groups in total. The topological polar surface area (TPSA) is 55.5 Å². The number of ether oxygens (including phenoxy) is 1. The van der Waals surface area contributed by atoms with E-state index in [1.807, 2.05) is 0 Å².